The first kappa shape index (κ1) is 15.8. The molecule has 0 bridgehead atoms. The van der Waals surface area contributed by atoms with Gasteiger partial charge in [0.2, 0.25) is 6.10 Å². The van der Waals surface area contributed by atoms with Crippen LogP contribution in [0, 0.1) is 10.1 Å². The lowest BCUT2D eigenvalue weighted by molar-refractivity contribution is -0.385. The summed E-state index contributed by atoms with van der Waals surface area (Å²) in [5, 5.41) is 10.8. The van der Waals surface area contributed by atoms with Gasteiger partial charge in [0, 0.05) is 12.1 Å². The highest BCUT2D eigenvalue weighted by Gasteiger charge is 2.30. The summed E-state index contributed by atoms with van der Waals surface area (Å²) in [6.07, 6.45) is -1.51. The summed E-state index contributed by atoms with van der Waals surface area (Å²) < 4.78 is 16.4. The highest BCUT2D eigenvalue weighted by atomic mass is 16.6. The van der Waals surface area contributed by atoms with Gasteiger partial charge in [-0.2, -0.15) is 0 Å². The molecule has 7 heteroatoms. The minimum atomic E-state index is -0.874. The number of ether oxygens (including phenoxy) is 3. The first-order valence-corrected chi connectivity index (χ1v) is 7.38. The number of hydrogen-bond acceptors (Lipinski definition) is 6. The molecule has 2 aromatic rings. The summed E-state index contributed by atoms with van der Waals surface area (Å²) in [5.74, 6) is 0.477. The maximum Gasteiger partial charge on any atom is 0.351 e. The fourth-order valence-electron chi connectivity index (χ4n) is 2.35. The number of carbonyl (C=O) groups is 1. The predicted octanol–water partition coefficient (Wildman–Crippen LogP) is 3.04. The SMILES string of the molecule is C[C@@H](OC(=O)[C@@H]1COc2ccccc2O1)c1cccc([N+](=O)[O-])c1. The van der Waals surface area contributed by atoms with Gasteiger partial charge < -0.3 is 14.2 Å². The molecular weight excluding hydrogens is 314 g/mol. The molecule has 3 rings (SSSR count). The Kier molecular flexibility index (Phi) is 4.33. The van der Waals surface area contributed by atoms with E-state index in [9.17, 15) is 14.9 Å². The zero-order valence-electron chi connectivity index (χ0n) is 12.9. The van der Waals surface area contributed by atoms with Crippen LogP contribution in [0.4, 0.5) is 5.69 Å². The molecule has 1 heterocycles. The number of hydrogen-bond donors (Lipinski definition) is 0. The fraction of sp³-hybridized carbons (Fsp3) is 0.235. The largest absolute Gasteiger partial charge is 0.485 e. The van der Waals surface area contributed by atoms with Crippen molar-refractivity contribution in [1.82, 2.24) is 0 Å². The molecule has 0 saturated carbocycles. The zero-order valence-corrected chi connectivity index (χ0v) is 12.9. The first-order valence-electron chi connectivity index (χ1n) is 7.38. The van der Waals surface area contributed by atoms with Gasteiger partial charge in [-0.15, -0.1) is 0 Å². The molecule has 0 fully saturated rings. The van der Waals surface area contributed by atoms with Gasteiger partial charge in [0.1, 0.15) is 12.7 Å². The summed E-state index contributed by atoms with van der Waals surface area (Å²) >= 11 is 0. The second kappa shape index (κ2) is 6.57. The van der Waals surface area contributed by atoms with E-state index >= 15 is 0 Å². The number of nitro groups is 1. The van der Waals surface area contributed by atoms with Crippen molar-refractivity contribution in [3.8, 4) is 11.5 Å². The van der Waals surface area contributed by atoms with Crippen molar-refractivity contribution in [2.75, 3.05) is 6.61 Å². The molecule has 0 spiro atoms. The fourth-order valence-corrected chi connectivity index (χ4v) is 2.35. The van der Waals surface area contributed by atoms with Crippen LogP contribution in [-0.2, 0) is 9.53 Å². The third kappa shape index (κ3) is 3.29. The molecule has 0 radical (unpaired) electrons. The monoisotopic (exact) mass is 329 g/mol. The van der Waals surface area contributed by atoms with Crippen LogP contribution in [0.25, 0.3) is 0 Å². The topological polar surface area (TPSA) is 87.9 Å². The number of fused-ring (bicyclic) bond motifs is 1. The van der Waals surface area contributed by atoms with Gasteiger partial charge in [-0.3, -0.25) is 10.1 Å². The highest BCUT2D eigenvalue weighted by molar-refractivity contribution is 5.76. The number of benzene rings is 2. The van der Waals surface area contributed by atoms with Crippen molar-refractivity contribution in [3.63, 3.8) is 0 Å². The second-order valence-electron chi connectivity index (χ2n) is 5.30. The molecule has 0 amide bonds. The summed E-state index contributed by atoms with van der Waals surface area (Å²) in [7, 11) is 0. The first-order chi connectivity index (χ1) is 11.5. The maximum atomic E-state index is 12.2. The minimum Gasteiger partial charge on any atom is -0.485 e. The van der Waals surface area contributed by atoms with Gasteiger partial charge in [0.05, 0.1) is 4.92 Å². The van der Waals surface area contributed by atoms with Gasteiger partial charge in [-0.1, -0.05) is 24.3 Å². The molecule has 1 aliphatic rings. The van der Waals surface area contributed by atoms with Crippen LogP contribution in [0.1, 0.15) is 18.6 Å². The van der Waals surface area contributed by atoms with Crippen molar-refractivity contribution >= 4 is 11.7 Å². The molecule has 0 saturated heterocycles. The van der Waals surface area contributed by atoms with Gasteiger partial charge in [0.15, 0.2) is 11.5 Å². The summed E-state index contributed by atoms with van der Waals surface area (Å²) in [5.41, 5.74) is 0.483. The summed E-state index contributed by atoms with van der Waals surface area (Å²) in [4.78, 5) is 22.6. The molecule has 0 N–H and O–H groups in total. The Labute approximate surface area is 137 Å². The maximum absolute atomic E-state index is 12.2. The molecule has 2 aromatic carbocycles. The zero-order chi connectivity index (χ0) is 17.1. The normalized spacial score (nSPS) is 17.0. The Morgan fingerprint density at radius 3 is 2.75 bits per heavy atom. The number of esters is 1. The molecule has 24 heavy (non-hydrogen) atoms. The van der Waals surface area contributed by atoms with Crippen LogP contribution in [0.15, 0.2) is 48.5 Å². The van der Waals surface area contributed by atoms with Gasteiger partial charge in [-0.05, 0) is 24.6 Å². The number of para-hydroxylation sites is 2. The lowest BCUT2D eigenvalue weighted by Crippen LogP contribution is -2.38. The molecule has 124 valence electrons. The number of nitro benzene ring substituents is 1. The molecule has 2 atom stereocenters. The van der Waals surface area contributed by atoms with Gasteiger partial charge >= 0.3 is 5.97 Å². The van der Waals surface area contributed by atoms with E-state index in [-0.39, 0.29) is 12.3 Å². The Morgan fingerprint density at radius 2 is 2.00 bits per heavy atom. The number of nitrogens with zero attached hydrogens (tertiary/aromatic N) is 1. The molecular formula is C17H15NO6. The lowest BCUT2D eigenvalue weighted by atomic mass is 10.1. The number of non-ortho nitro benzene ring substituents is 1. The van der Waals surface area contributed by atoms with Gasteiger partial charge in [-0.25, -0.2) is 4.79 Å². The number of rotatable bonds is 4. The number of carbonyl (C=O) groups excluding carboxylic acids is 1. The van der Waals surface area contributed by atoms with E-state index in [0.29, 0.717) is 17.1 Å². The molecule has 1 aliphatic heterocycles. The van der Waals surface area contributed by atoms with Gasteiger partial charge in [0.25, 0.3) is 5.69 Å². The smallest absolute Gasteiger partial charge is 0.351 e. The van der Waals surface area contributed by atoms with E-state index in [2.05, 4.69) is 0 Å². The highest BCUT2D eigenvalue weighted by Crippen LogP contribution is 2.31. The van der Waals surface area contributed by atoms with Crippen molar-refractivity contribution < 1.29 is 23.9 Å². The third-order valence-electron chi connectivity index (χ3n) is 3.61. The second-order valence-corrected chi connectivity index (χ2v) is 5.30. The average Bonchev–Trinajstić information content (AvgIpc) is 2.61. The van der Waals surface area contributed by atoms with E-state index in [0.717, 1.165) is 0 Å². The summed E-state index contributed by atoms with van der Waals surface area (Å²) in [6, 6.07) is 13.0. The van der Waals surface area contributed by atoms with Crippen LogP contribution >= 0.6 is 0 Å². The van der Waals surface area contributed by atoms with Crippen LogP contribution < -0.4 is 9.47 Å². The molecule has 0 aliphatic carbocycles. The quantitative estimate of drug-likeness (QED) is 0.487. The van der Waals surface area contributed by atoms with Crippen molar-refractivity contribution in [1.29, 1.82) is 0 Å². The van der Waals surface area contributed by atoms with E-state index in [4.69, 9.17) is 14.2 Å². The van der Waals surface area contributed by atoms with E-state index in [1.54, 1.807) is 37.3 Å². The Hall–Kier alpha value is -3.09. The van der Waals surface area contributed by atoms with Crippen LogP contribution in [-0.4, -0.2) is 23.6 Å². The van der Waals surface area contributed by atoms with E-state index in [1.165, 1.54) is 12.1 Å². The average molecular weight is 329 g/mol. The summed E-state index contributed by atoms with van der Waals surface area (Å²) in [6.45, 7) is 1.70. The van der Waals surface area contributed by atoms with Crippen LogP contribution in [0.3, 0.4) is 0 Å². The van der Waals surface area contributed by atoms with Crippen molar-refractivity contribution in [2.45, 2.75) is 19.1 Å². The third-order valence-corrected chi connectivity index (χ3v) is 3.61. The van der Waals surface area contributed by atoms with E-state index < -0.39 is 23.1 Å². The molecule has 0 aromatic heterocycles. The molecule has 0 unspecified atom stereocenters. The molecule has 7 nitrogen and oxygen atoms in total. The standard InChI is InChI=1S/C17H15NO6/c1-11(12-5-4-6-13(9-12)18(20)21)23-17(19)16-10-22-14-7-2-3-8-15(14)24-16/h2-9,11,16H,10H2,1H3/t11-,16+/m1/s1. The Balaban J connectivity index is 1.67. The minimum absolute atomic E-state index is 0.0531. The predicted molar refractivity (Wildman–Crippen MR) is 84.0 cm³/mol. The Morgan fingerprint density at radius 1 is 1.25 bits per heavy atom. The van der Waals surface area contributed by atoms with E-state index in [1.807, 2.05) is 6.07 Å². The Bertz CT molecular complexity index is 775. The lowest BCUT2D eigenvalue weighted by Gasteiger charge is -2.26. The van der Waals surface area contributed by atoms with Crippen LogP contribution in [0.2, 0.25) is 0 Å². The van der Waals surface area contributed by atoms with Crippen LogP contribution in [0.5, 0.6) is 11.5 Å². The van der Waals surface area contributed by atoms with Crippen molar-refractivity contribution in [3.05, 3.63) is 64.2 Å². The van der Waals surface area contributed by atoms with Crippen molar-refractivity contribution in [2.24, 2.45) is 0 Å².